The zero-order valence-electron chi connectivity index (χ0n) is 11.1. The Bertz CT molecular complexity index is 584. The maximum absolute atomic E-state index is 12.2. The fourth-order valence-corrected chi connectivity index (χ4v) is 4.45. The molecule has 0 radical (unpaired) electrons. The molecule has 1 rings (SSSR count). The zero-order valence-corrected chi connectivity index (χ0v) is 13.5. The van der Waals surface area contributed by atoms with Crippen molar-refractivity contribution in [2.24, 2.45) is 5.92 Å². The number of nitrogens with one attached hydrogen (secondary N) is 1. The fourth-order valence-electron chi connectivity index (χ4n) is 1.39. The van der Waals surface area contributed by atoms with Gasteiger partial charge in [0.15, 0.2) is 4.34 Å². The summed E-state index contributed by atoms with van der Waals surface area (Å²) in [6.07, 6.45) is 0. The van der Waals surface area contributed by atoms with E-state index >= 15 is 0 Å². The van der Waals surface area contributed by atoms with Crippen molar-refractivity contribution in [2.45, 2.75) is 24.1 Å². The van der Waals surface area contributed by atoms with Gasteiger partial charge in [0.25, 0.3) is 15.7 Å². The van der Waals surface area contributed by atoms with E-state index in [0.29, 0.717) is 11.3 Å². The van der Waals surface area contributed by atoms with Gasteiger partial charge in [0.2, 0.25) is 0 Å². The van der Waals surface area contributed by atoms with Gasteiger partial charge >= 0.3 is 0 Å². The van der Waals surface area contributed by atoms with E-state index in [1.807, 2.05) is 13.8 Å². The molecule has 0 saturated carbocycles. The Morgan fingerprint density at radius 1 is 1.55 bits per heavy atom. The highest BCUT2D eigenvalue weighted by Crippen LogP contribution is 2.36. The summed E-state index contributed by atoms with van der Waals surface area (Å²) in [4.78, 5) is 9.97. The summed E-state index contributed by atoms with van der Waals surface area (Å²) in [5.74, 6) is 0.00939. The second-order valence-corrected chi connectivity index (χ2v) is 8.00. The first-order valence-corrected chi connectivity index (χ1v) is 8.31. The van der Waals surface area contributed by atoms with E-state index in [-0.39, 0.29) is 21.1 Å². The predicted molar refractivity (Wildman–Crippen MR) is 76.8 cm³/mol. The standard InChI is InChI=1S/C10H15ClN2O5S2/c1-6(2)7(5-18-3)12-20(16,17)9-4-8(13(14)15)10(11)19-9/h4,6-7,12H,5H2,1-3H3. The highest BCUT2D eigenvalue weighted by molar-refractivity contribution is 7.91. The zero-order chi connectivity index (χ0) is 15.5. The second kappa shape index (κ2) is 6.81. The maximum atomic E-state index is 12.2. The van der Waals surface area contributed by atoms with Crippen LogP contribution in [0.5, 0.6) is 0 Å². The number of rotatable bonds is 7. The van der Waals surface area contributed by atoms with Gasteiger partial charge in [-0.15, -0.1) is 11.3 Å². The quantitative estimate of drug-likeness (QED) is 0.605. The first kappa shape index (κ1) is 17.3. The van der Waals surface area contributed by atoms with E-state index in [1.54, 1.807) is 0 Å². The lowest BCUT2D eigenvalue weighted by atomic mass is 10.1. The molecular formula is C10H15ClN2O5S2. The minimum atomic E-state index is -3.86. The third-order valence-electron chi connectivity index (χ3n) is 2.57. The summed E-state index contributed by atoms with van der Waals surface area (Å²) < 4.78 is 31.4. The Kier molecular flexibility index (Phi) is 5.90. The van der Waals surface area contributed by atoms with Crippen molar-refractivity contribution >= 4 is 38.6 Å². The number of nitro groups is 1. The average molecular weight is 343 g/mol. The number of ether oxygens (including phenoxy) is 1. The molecule has 1 aromatic rings. The lowest BCUT2D eigenvalue weighted by Crippen LogP contribution is -2.41. The first-order valence-electron chi connectivity index (χ1n) is 5.64. The Morgan fingerprint density at radius 2 is 2.15 bits per heavy atom. The van der Waals surface area contributed by atoms with Crippen LogP contribution < -0.4 is 4.72 Å². The summed E-state index contributed by atoms with van der Waals surface area (Å²) in [5.41, 5.74) is -0.412. The average Bonchev–Trinajstić information content (AvgIpc) is 2.71. The third kappa shape index (κ3) is 4.13. The lowest BCUT2D eigenvalue weighted by Gasteiger charge is -2.20. The SMILES string of the molecule is COCC(NS(=O)(=O)c1cc([N+](=O)[O-])c(Cl)s1)C(C)C. The Labute approximate surface area is 126 Å². The monoisotopic (exact) mass is 342 g/mol. The number of thiophene rings is 1. The molecule has 0 bridgehead atoms. The van der Waals surface area contributed by atoms with Gasteiger partial charge < -0.3 is 4.74 Å². The van der Waals surface area contributed by atoms with Crippen LogP contribution in [-0.4, -0.2) is 33.1 Å². The molecular weight excluding hydrogens is 328 g/mol. The molecule has 0 aliphatic rings. The molecule has 0 aromatic carbocycles. The molecule has 1 aromatic heterocycles. The van der Waals surface area contributed by atoms with Crippen LogP contribution in [-0.2, 0) is 14.8 Å². The molecule has 0 saturated heterocycles. The van der Waals surface area contributed by atoms with Crippen molar-refractivity contribution in [1.82, 2.24) is 4.72 Å². The van der Waals surface area contributed by atoms with E-state index in [0.717, 1.165) is 6.07 Å². The molecule has 1 unspecified atom stereocenters. The van der Waals surface area contributed by atoms with Crippen LogP contribution in [0.25, 0.3) is 0 Å². The van der Waals surface area contributed by atoms with Crippen LogP contribution in [0.3, 0.4) is 0 Å². The van der Waals surface area contributed by atoms with E-state index in [9.17, 15) is 18.5 Å². The summed E-state index contributed by atoms with van der Waals surface area (Å²) in [5, 5.41) is 10.7. The van der Waals surface area contributed by atoms with Crippen molar-refractivity contribution in [3.05, 3.63) is 20.5 Å². The van der Waals surface area contributed by atoms with Gasteiger partial charge in [-0.05, 0) is 5.92 Å². The van der Waals surface area contributed by atoms with Crippen molar-refractivity contribution in [2.75, 3.05) is 13.7 Å². The highest BCUT2D eigenvalue weighted by Gasteiger charge is 2.28. The molecule has 7 nitrogen and oxygen atoms in total. The number of sulfonamides is 1. The van der Waals surface area contributed by atoms with Crippen molar-refractivity contribution in [3.8, 4) is 0 Å². The van der Waals surface area contributed by atoms with Crippen LogP contribution in [0.15, 0.2) is 10.3 Å². The van der Waals surface area contributed by atoms with Crippen molar-refractivity contribution in [3.63, 3.8) is 0 Å². The number of hydrogen-bond donors (Lipinski definition) is 1. The Balaban J connectivity index is 3.04. The highest BCUT2D eigenvalue weighted by atomic mass is 35.5. The van der Waals surface area contributed by atoms with Crippen LogP contribution in [0, 0.1) is 16.0 Å². The lowest BCUT2D eigenvalue weighted by molar-refractivity contribution is -0.384. The minimum Gasteiger partial charge on any atom is -0.383 e. The number of nitrogens with zero attached hydrogens (tertiary/aromatic N) is 1. The largest absolute Gasteiger partial charge is 0.383 e. The topological polar surface area (TPSA) is 98.5 Å². The molecule has 0 fully saturated rings. The van der Waals surface area contributed by atoms with Crippen molar-refractivity contribution in [1.29, 1.82) is 0 Å². The van der Waals surface area contributed by atoms with Crippen molar-refractivity contribution < 1.29 is 18.1 Å². The normalized spacial score (nSPS) is 13.7. The van der Waals surface area contributed by atoms with Gasteiger partial charge in [-0.3, -0.25) is 10.1 Å². The molecule has 1 atom stereocenters. The van der Waals surface area contributed by atoms with Crippen LogP contribution >= 0.6 is 22.9 Å². The number of methoxy groups -OCH3 is 1. The Morgan fingerprint density at radius 3 is 2.55 bits per heavy atom. The smallest absolute Gasteiger partial charge is 0.300 e. The van der Waals surface area contributed by atoms with E-state index in [1.165, 1.54) is 7.11 Å². The molecule has 1 heterocycles. The molecule has 114 valence electrons. The Hall–Kier alpha value is -0.740. The second-order valence-electron chi connectivity index (χ2n) is 4.41. The van der Waals surface area contributed by atoms with E-state index < -0.39 is 26.7 Å². The van der Waals surface area contributed by atoms with E-state index in [2.05, 4.69) is 4.72 Å². The molecule has 0 spiro atoms. The molecule has 1 N–H and O–H groups in total. The predicted octanol–water partition coefficient (Wildman–Crippen LogP) is 2.26. The van der Waals surface area contributed by atoms with Gasteiger partial charge in [-0.25, -0.2) is 13.1 Å². The van der Waals surface area contributed by atoms with Gasteiger partial charge in [0.05, 0.1) is 11.5 Å². The van der Waals surface area contributed by atoms with Gasteiger partial charge in [0.1, 0.15) is 4.21 Å². The van der Waals surface area contributed by atoms with Gasteiger partial charge in [0, 0.05) is 19.2 Å². The fraction of sp³-hybridized carbons (Fsp3) is 0.600. The summed E-state index contributed by atoms with van der Waals surface area (Å²) in [7, 11) is -2.39. The molecule has 0 amide bonds. The third-order valence-corrected chi connectivity index (χ3v) is 5.87. The van der Waals surface area contributed by atoms with Gasteiger partial charge in [-0.1, -0.05) is 25.4 Å². The van der Waals surface area contributed by atoms with Crippen LogP contribution in [0.4, 0.5) is 5.69 Å². The van der Waals surface area contributed by atoms with Gasteiger partial charge in [-0.2, -0.15) is 0 Å². The number of halogens is 1. The molecule has 10 heteroatoms. The van der Waals surface area contributed by atoms with Crippen LogP contribution in [0.2, 0.25) is 4.34 Å². The first-order chi connectivity index (χ1) is 9.19. The number of hydrogen-bond acceptors (Lipinski definition) is 6. The molecule has 20 heavy (non-hydrogen) atoms. The van der Waals surface area contributed by atoms with E-state index in [4.69, 9.17) is 16.3 Å². The maximum Gasteiger partial charge on any atom is 0.300 e. The van der Waals surface area contributed by atoms with Crippen LogP contribution in [0.1, 0.15) is 13.8 Å². The molecule has 0 aliphatic heterocycles. The summed E-state index contributed by atoms with van der Waals surface area (Å²) >= 11 is 6.32. The summed E-state index contributed by atoms with van der Waals surface area (Å²) in [6, 6.07) is 0.532. The molecule has 0 aliphatic carbocycles. The minimum absolute atomic E-state index is 0.00939. The summed E-state index contributed by atoms with van der Waals surface area (Å²) in [6.45, 7) is 3.89.